The van der Waals surface area contributed by atoms with Crippen LogP contribution in [0, 0.1) is 4.77 Å². The number of anilines is 1. The van der Waals surface area contributed by atoms with E-state index in [0.717, 1.165) is 12.8 Å². The predicted molar refractivity (Wildman–Crippen MR) is 92.0 cm³/mol. The van der Waals surface area contributed by atoms with E-state index in [1.165, 1.54) is 0 Å². The monoisotopic (exact) mass is 351 g/mol. The Balaban J connectivity index is 1.56. The summed E-state index contributed by atoms with van der Waals surface area (Å²) < 4.78 is 4.45. The smallest absolute Gasteiger partial charge is 0.238 e. The first-order valence-electron chi connectivity index (χ1n) is 7.41. The number of amides is 1. The Kier molecular flexibility index (Phi) is 4.79. The van der Waals surface area contributed by atoms with Crippen molar-refractivity contribution in [2.45, 2.75) is 25.6 Å². The molecule has 0 spiro atoms. The van der Waals surface area contributed by atoms with E-state index in [0.29, 0.717) is 28.2 Å². The topological polar surface area (TPSA) is 55.1 Å². The highest BCUT2D eigenvalue weighted by Crippen LogP contribution is 2.34. The van der Waals surface area contributed by atoms with E-state index in [9.17, 15) is 4.79 Å². The number of carbonyl (C=O) groups is 1. The van der Waals surface area contributed by atoms with Crippen LogP contribution >= 0.6 is 23.8 Å². The molecule has 1 N–H and O–H groups in total. The zero-order valence-corrected chi connectivity index (χ0v) is 14.3. The number of halogens is 1. The maximum absolute atomic E-state index is 12.1. The molecular weight excluding hydrogens is 334 g/mol. The molecule has 122 valence electrons. The van der Waals surface area contributed by atoms with Crippen molar-refractivity contribution < 1.29 is 4.79 Å². The van der Waals surface area contributed by atoms with Gasteiger partial charge in [0.2, 0.25) is 5.91 Å². The number of hydrogen-bond donors (Lipinski definition) is 1. The summed E-state index contributed by atoms with van der Waals surface area (Å²) in [6.07, 6.45) is 4.10. The Bertz CT molecular complexity index is 767. The van der Waals surface area contributed by atoms with Crippen LogP contribution in [0.2, 0.25) is 5.02 Å². The Hall–Kier alpha value is -1.70. The molecule has 0 unspecified atom stereocenters. The molecule has 23 heavy (non-hydrogen) atoms. The Labute approximate surface area is 144 Å². The van der Waals surface area contributed by atoms with E-state index in [2.05, 4.69) is 10.4 Å². The lowest BCUT2D eigenvalue weighted by Gasteiger charge is -2.16. The second-order valence-corrected chi connectivity index (χ2v) is 6.51. The van der Waals surface area contributed by atoms with Crippen LogP contribution in [0.15, 0.2) is 30.6 Å². The minimum absolute atomic E-state index is 0.131. The Morgan fingerprint density at radius 2 is 2.22 bits per heavy atom. The van der Waals surface area contributed by atoms with Crippen molar-refractivity contribution in [3.63, 3.8) is 0 Å². The van der Waals surface area contributed by atoms with Crippen LogP contribution in [-0.2, 0) is 11.5 Å². The zero-order chi connectivity index (χ0) is 16.4. The first-order chi connectivity index (χ1) is 11.0. The molecule has 0 aliphatic heterocycles. The number of aromatic nitrogens is 3. The van der Waals surface area contributed by atoms with Crippen molar-refractivity contribution in [3.05, 3.63) is 40.4 Å². The standard InChI is InChI=1S/C15H18ClN5OS/c1-19(8-14(22)18-13-5-3-2-4-12(13)16)10-21-15(23)20(9-17-21)11-6-7-11/h2-5,9,11H,6-8,10H2,1H3,(H,18,22). The number of hydrogen-bond acceptors (Lipinski definition) is 4. The number of nitrogens with one attached hydrogen (secondary N) is 1. The van der Waals surface area contributed by atoms with E-state index in [1.807, 2.05) is 28.6 Å². The first-order valence-corrected chi connectivity index (χ1v) is 8.20. The summed E-state index contributed by atoms with van der Waals surface area (Å²) in [5.41, 5.74) is 0.613. The lowest BCUT2D eigenvalue weighted by molar-refractivity contribution is -0.117. The first kappa shape index (κ1) is 16.2. The fraction of sp³-hybridized carbons (Fsp3) is 0.400. The highest BCUT2D eigenvalue weighted by atomic mass is 35.5. The maximum atomic E-state index is 12.1. The third-order valence-electron chi connectivity index (χ3n) is 3.63. The summed E-state index contributed by atoms with van der Waals surface area (Å²) >= 11 is 11.4. The Morgan fingerprint density at radius 3 is 2.91 bits per heavy atom. The molecule has 1 aliphatic carbocycles. The van der Waals surface area contributed by atoms with Gasteiger partial charge in [0.25, 0.3) is 0 Å². The van der Waals surface area contributed by atoms with Crippen LogP contribution in [0.1, 0.15) is 18.9 Å². The van der Waals surface area contributed by atoms with Crippen LogP contribution in [0.5, 0.6) is 0 Å². The second-order valence-electron chi connectivity index (χ2n) is 5.74. The summed E-state index contributed by atoms with van der Waals surface area (Å²) in [5.74, 6) is -0.131. The van der Waals surface area contributed by atoms with Gasteiger partial charge < -0.3 is 9.88 Å². The van der Waals surface area contributed by atoms with Crippen LogP contribution in [0.25, 0.3) is 0 Å². The number of rotatable bonds is 6. The molecule has 2 aromatic rings. The molecule has 3 rings (SSSR count). The van der Waals surface area contributed by atoms with Gasteiger partial charge in [0.05, 0.1) is 23.9 Å². The van der Waals surface area contributed by atoms with Crippen LogP contribution in [0.3, 0.4) is 0 Å². The number of para-hydroxylation sites is 1. The van der Waals surface area contributed by atoms with E-state index in [1.54, 1.807) is 23.1 Å². The average Bonchev–Trinajstić information content (AvgIpc) is 3.28. The molecule has 1 aliphatic rings. The van der Waals surface area contributed by atoms with Gasteiger partial charge in [0.15, 0.2) is 4.77 Å². The van der Waals surface area contributed by atoms with Gasteiger partial charge >= 0.3 is 0 Å². The molecule has 1 saturated carbocycles. The molecule has 1 amide bonds. The highest BCUT2D eigenvalue weighted by Gasteiger charge is 2.25. The van der Waals surface area contributed by atoms with Crippen molar-refractivity contribution in [1.29, 1.82) is 0 Å². The van der Waals surface area contributed by atoms with Crippen molar-refractivity contribution in [3.8, 4) is 0 Å². The Morgan fingerprint density at radius 1 is 1.48 bits per heavy atom. The number of carbonyl (C=O) groups excluding carboxylic acids is 1. The highest BCUT2D eigenvalue weighted by molar-refractivity contribution is 7.71. The van der Waals surface area contributed by atoms with E-state index in [-0.39, 0.29) is 12.5 Å². The minimum atomic E-state index is -0.131. The minimum Gasteiger partial charge on any atom is -0.324 e. The van der Waals surface area contributed by atoms with Crippen LogP contribution in [0.4, 0.5) is 5.69 Å². The van der Waals surface area contributed by atoms with Gasteiger partial charge in [-0.25, -0.2) is 4.68 Å². The molecule has 1 aromatic carbocycles. The summed E-state index contributed by atoms with van der Waals surface area (Å²) in [7, 11) is 1.85. The maximum Gasteiger partial charge on any atom is 0.238 e. The lowest BCUT2D eigenvalue weighted by Crippen LogP contribution is -2.32. The van der Waals surface area contributed by atoms with Gasteiger partial charge in [-0.1, -0.05) is 23.7 Å². The number of benzene rings is 1. The molecule has 0 bridgehead atoms. The van der Waals surface area contributed by atoms with Gasteiger partial charge in [-0.15, -0.1) is 0 Å². The molecule has 0 radical (unpaired) electrons. The molecule has 8 heteroatoms. The third kappa shape index (κ3) is 3.99. The largest absolute Gasteiger partial charge is 0.324 e. The third-order valence-corrected chi connectivity index (χ3v) is 4.39. The van der Waals surface area contributed by atoms with Gasteiger partial charge in [0.1, 0.15) is 6.33 Å². The summed E-state index contributed by atoms with van der Waals surface area (Å²) in [6, 6.07) is 7.67. The predicted octanol–water partition coefficient (Wildman–Crippen LogP) is 2.93. The van der Waals surface area contributed by atoms with Gasteiger partial charge in [0, 0.05) is 6.04 Å². The van der Waals surface area contributed by atoms with Crippen molar-refractivity contribution in [2.24, 2.45) is 0 Å². The number of nitrogens with zero attached hydrogens (tertiary/aromatic N) is 4. The normalized spacial score (nSPS) is 14.2. The zero-order valence-electron chi connectivity index (χ0n) is 12.8. The lowest BCUT2D eigenvalue weighted by atomic mass is 10.3. The molecule has 1 aromatic heterocycles. The van der Waals surface area contributed by atoms with Gasteiger partial charge in [-0.3, -0.25) is 9.69 Å². The second kappa shape index (κ2) is 6.82. The van der Waals surface area contributed by atoms with Crippen molar-refractivity contribution >= 4 is 35.4 Å². The molecule has 1 heterocycles. The van der Waals surface area contributed by atoms with Crippen molar-refractivity contribution in [1.82, 2.24) is 19.2 Å². The fourth-order valence-corrected chi connectivity index (χ4v) is 2.81. The van der Waals surface area contributed by atoms with Gasteiger partial charge in [-0.2, -0.15) is 5.10 Å². The molecule has 0 saturated heterocycles. The molecule has 1 fully saturated rings. The summed E-state index contributed by atoms with van der Waals surface area (Å²) in [5, 5.41) is 7.63. The fourth-order valence-electron chi connectivity index (χ4n) is 2.33. The van der Waals surface area contributed by atoms with E-state index < -0.39 is 0 Å². The van der Waals surface area contributed by atoms with E-state index >= 15 is 0 Å². The van der Waals surface area contributed by atoms with Crippen molar-refractivity contribution in [2.75, 3.05) is 18.9 Å². The van der Waals surface area contributed by atoms with Crippen LogP contribution < -0.4 is 5.32 Å². The molecule has 0 atom stereocenters. The number of likely N-dealkylation sites (N-methyl/N-ethyl adjacent to an activating group) is 1. The summed E-state index contributed by atoms with van der Waals surface area (Å²) in [4.78, 5) is 14.0. The molecule has 6 nitrogen and oxygen atoms in total. The summed E-state index contributed by atoms with van der Waals surface area (Å²) in [6.45, 7) is 0.692. The SMILES string of the molecule is CN(CC(=O)Nc1ccccc1Cl)Cn1ncn(C2CC2)c1=S. The van der Waals surface area contributed by atoms with Gasteiger partial charge in [-0.05, 0) is 44.2 Å². The molecular formula is C15H18ClN5OS. The average molecular weight is 352 g/mol. The van der Waals surface area contributed by atoms with Crippen LogP contribution in [-0.4, -0.2) is 38.7 Å². The van der Waals surface area contributed by atoms with E-state index in [4.69, 9.17) is 23.8 Å². The quantitative estimate of drug-likeness (QED) is 0.813.